The lowest BCUT2D eigenvalue weighted by Crippen LogP contribution is -2.25. The molecule has 0 radical (unpaired) electrons. The van der Waals surface area contributed by atoms with E-state index in [1.807, 2.05) is 0 Å². The molecule has 10 nitrogen and oxygen atoms in total. The van der Waals surface area contributed by atoms with E-state index in [4.69, 9.17) is 10.2 Å². The fourth-order valence-electron chi connectivity index (χ4n) is 3.27. The number of aliphatic carboxylic acids is 2. The number of fused-ring (bicyclic) bond motifs is 2. The number of carboxylic acid groups (broad SMARTS) is 2. The van der Waals surface area contributed by atoms with E-state index in [0.29, 0.717) is 0 Å². The van der Waals surface area contributed by atoms with Gasteiger partial charge in [-0.05, 0) is 24.3 Å². The van der Waals surface area contributed by atoms with Crippen molar-refractivity contribution in [1.29, 1.82) is 0 Å². The molecule has 0 aromatic heterocycles. The van der Waals surface area contributed by atoms with Crippen LogP contribution in [0.5, 0.6) is 11.5 Å². The number of rotatable bonds is 8. The molecule has 6 N–H and O–H groups in total. The van der Waals surface area contributed by atoms with E-state index in [0.717, 1.165) is 0 Å². The molecule has 1 aliphatic carbocycles. The fourth-order valence-corrected chi connectivity index (χ4v) is 3.27. The van der Waals surface area contributed by atoms with Crippen molar-refractivity contribution in [2.24, 2.45) is 0 Å². The number of hydrogen-bond donors (Lipinski definition) is 6. The van der Waals surface area contributed by atoms with Gasteiger partial charge in [0.25, 0.3) is 0 Å². The molecule has 3 rings (SSSR count). The summed E-state index contributed by atoms with van der Waals surface area (Å²) in [5.41, 5.74) is -0.577. The van der Waals surface area contributed by atoms with Crippen LogP contribution in [0.3, 0.4) is 0 Å². The molecule has 2 aromatic rings. The van der Waals surface area contributed by atoms with Gasteiger partial charge in [-0.25, -0.2) is 0 Å². The molecule has 0 heterocycles. The van der Waals surface area contributed by atoms with Crippen LogP contribution < -0.4 is 10.6 Å². The molecule has 0 unspecified atom stereocenters. The molecule has 0 atom stereocenters. The number of phenols is 2. The Labute approximate surface area is 169 Å². The minimum absolute atomic E-state index is 0.0232. The quantitative estimate of drug-likeness (QED) is 0.297. The first-order chi connectivity index (χ1) is 14.2. The maximum Gasteiger partial charge on any atom is 0.305 e. The first-order valence-corrected chi connectivity index (χ1v) is 8.95. The number of hydrogen-bond acceptors (Lipinski definition) is 8. The average Bonchev–Trinajstić information content (AvgIpc) is 2.67. The number of ketones is 2. The molecule has 0 fully saturated rings. The maximum atomic E-state index is 13.3. The third-order valence-corrected chi connectivity index (χ3v) is 4.58. The molecule has 0 saturated heterocycles. The van der Waals surface area contributed by atoms with Gasteiger partial charge in [-0.1, -0.05) is 0 Å². The van der Waals surface area contributed by atoms with Gasteiger partial charge in [0.2, 0.25) is 5.78 Å². The first-order valence-electron chi connectivity index (χ1n) is 8.95. The van der Waals surface area contributed by atoms with Crippen molar-refractivity contribution < 1.29 is 39.6 Å². The van der Waals surface area contributed by atoms with E-state index in [9.17, 15) is 29.4 Å². The van der Waals surface area contributed by atoms with Crippen LogP contribution >= 0.6 is 0 Å². The second kappa shape index (κ2) is 8.11. The van der Waals surface area contributed by atoms with E-state index >= 15 is 0 Å². The van der Waals surface area contributed by atoms with E-state index in [1.54, 1.807) is 0 Å². The molecule has 2 aromatic carbocycles. The summed E-state index contributed by atoms with van der Waals surface area (Å²) in [7, 11) is 0. The van der Waals surface area contributed by atoms with Crippen LogP contribution in [-0.4, -0.2) is 57.0 Å². The first kappa shape index (κ1) is 20.6. The Balaban J connectivity index is 2.09. The largest absolute Gasteiger partial charge is 0.507 e. The van der Waals surface area contributed by atoms with Gasteiger partial charge in [0.1, 0.15) is 11.5 Å². The molecular weight excluding hydrogens is 396 g/mol. The van der Waals surface area contributed by atoms with Gasteiger partial charge < -0.3 is 31.1 Å². The van der Waals surface area contributed by atoms with Crippen molar-refractivity contribution in [2.75, 3.05) is 23.7 Å². The van der Waals surface area contributed by atoms with E-state index in [1.165, 1.54) is 24.3 Å². The Morgan fingerprint density at radius 3 is 1.40 bits per heavy atom. The summed E-state index contributed by atoms with van der Waals surface area (Å²) in [6.07, 6.45) is -0.478. The Hall–Kier alpha value is -4.08. The van der Waals surface area contributed by atoms with E-state index in [-0.39, 0.29) is 59.6 Å². The van der Waals surface area contributed by atoms with Crippen molar-refractivity contribution in [3.63, 3.8) is 0 Å². The fraction of sp³-hybridized carbons (Fsp3) is 0.200. The van der Waals surface area contributed by atoms with Gasteiger partial charge in [0.15, 0.2) is 5.78 Å². The van der Waals surface area contributed by atoms with Crippen molar-refractivity contribution in [2.45, 2.75) is 12.8 Å². The number of carbonyl (C=O) groups is 4. The lowest BCUT2D eigenvalue weighted by Gasteiger charge is -2.24. The van der Waals surface area contributed by atoms with Gasteiger partial charge in [-0.2, -0.15) is 0 Å². The number of carboxylic acids is 2. The summed E-state index contributed by atoms with van der Waals surface area (Å²) in [5, 5.41) is 43.6. The van der Waals surface area contributed by atoms with Crippen LogP contribution in [0, 0.1) is 0 Å². The van der Waals surface area contributed by atoms with Crippen LogP contribution in [0.4, 0.5) is 11.4 Å². The molecule has 0 saturated carbocycles. The Kier molecular flexibility index (Phi) is 5.58. The number of anilines is 2. The Morgan fingerprint density at radius 2 is 1.03 bits per heavy atom. The zero-order chi connectivity index (χ0) is 22.0. The second-order valence-corrected chi connectivity index (χ2v) is 6.56. The molecular formula is C20H18N2O8. The zero-order valence-electron chi connectivity index (χ0n) is 15.6. The van der Waals surface area contributed by atoms with E-state index in [2.05, 4.69) is 10.6 Å². The van der Waals surface area contributed by atoms with Crippen molar-refractivity contribution in [3.8, 4) is 11.5 Å². The highest BCUT2D eigenvalue weighted by Crippen LogP contribution is 2.42. The molecule has 156 valence electrons. The maximum absolute atomic E-state index is 13.3. The van der Waals surface area contributed by atoms with Crippen LogP contribution in [0.25, 0.3) is 0 Å². The third-order valence-electron chi connectivity index (χ3n) is 4.58. The average molecular weight is 414 g/mol. The molecule has 10 heteroatoms. The molecule has 1 aliphatic rings. The second-order valence-electron chi connectivity index (χ2n) is 6.56. The number of nitrogens with one attached hydrogen (secondary N) is 2. The van der Waals surface area contributed by atoms with Crippen molar-refractivity contribution in [3.05, 3.63) is 46.5 Å². The highest BCUT2D eigenvalue weighted by atomic mass is 16.4. The van der Waals surface area contributed by atoms with Crippen LogP contribution in [0.15, 0.2) is 24.3 Å². The van der Waals surface area contributed by atoms with Gasteiger partial charge in [0.05, 0.1) is 35.1 Å². The summed E-state index contributed by atoms with van der Waals surface area (Å²) in [6, 6.07) is 5.10. The number of benzene rings is 2. The summed E-state index contributed by atoms with van der Waals surface area (Å²) in [6.45, 7) is -0.0464. The summed E-state index contributed by atoms with van der Waals surface area (Å²) >= 11 is 0. The topological polar surface area (TPSA) is 173 Å². The van der Waals surface area contributed by atoms with Crippen LogP contribution in [0.2, 0.25) is 0 Å². The number of phenolic OH excluding ortho intramolecular Hbond substituents is 2. The number of carbonyl (C=O) groups excluding carboxylic acids is 2. The lowest BCUT2D eigenvalue weighted by atomic mass is 9.81. The molecule has 0 aliphatic heterocycles. The van der Waals surface area contributed by atoms with Gasteiger partial charge in [-0.15, -0.1) is 0 Å². The van der Waals surface area contributed by atoms with Crippen molar-refractivity contribution >= 4 is 34.9 Å². The monoisotopic (exact) mass is 414 g/mol. The van der Waals surface area contributed by atoms with E-state index < -0.39 is 35.0 Å². The highest BCUT2D eigenvalue weighted by molar-refractivity contribution is 6.33. The summed E-state index contributed by atoms with van der Waals surface area (Å²) < 4.78 is 0. The van der Waals surface area contributed by atoms with Gasteiger partial charge in [-0.3, -0.25) is 19.2 Å². The predicted octanol–water partition coefficient (Wildman–Crippen LogP) is 1.65. The SMILES string of the molecule is O=C(O)CCNc1ccc(O)c2c1C(=O)c1c(NCCC(=O)O)ccc(O)c1C2=O. The molecule has 0 spiro atoms. The van der Waals surface area contributed by atoms with Gasteiger partial charge >= 0.3 is 11.9 Å². The zero-order valence-corrected chi connectivity index (χ0v) is 15.6. The molecule has 0 amide bonds. The minimum Gasteiger partial charge on any atom is -0.507 e. The van der Waals surface area contributed by atoms with Crippen LogP contribution in [0.1, 0.15) is 44.7 Å². The van der Waals surface area contributed by atoms with Gasteiger partial charge in [0, 0.05) is 24.5 Å². The molecule has 0 bridgehead atoms. The van der Waals surface area contributed by atoms with Crippen LogP contribution in [-0.2, 0) is 9.59 Å². The Bertz CT molecular complexity index is 995. The number of aromatic hydroxyl groups is 2. The summed E-state index contributed by atoms with van der Waals surface area (Å²) in [5.74, 6) is -4.49. The molecule has 30 heavy (non-hydrogen) atoms. The lowest BCUT2D eigenvalue weighted by molar-refractivity contribution is -0.137. The normalized spacial score (nSPS) is 12.1. The standard InChI is InChI=1S/C20H18N2O8/c23-11-3-1-9(21-7-5-13(25)26)15-17(11)20(30)18-12(24)4-2-10(16(18)19(15)29)22-8-6-14(27)28/h1-4,21-24H,5-8H2,(H,25,26)(H,27,28). The minimum atomic E-state index is -1.06. The van der Waals surface area contributed by atoms with Crippen molar-refractivity contribution in [1.82, 2.24) is 0 Å². The Morgan fingerprint density at radius 1 is 0.667 bits per heavy atom. The predicted molar refractivity (Wildman–Crippen MR) is 105 cm³/mol. The smallest absolute Gasteiger partial charge is 0.305 e. The summed E-state index contributed by atoms with van der Waals surface area (Å²) in [4.78, 5) is 47.9. The third kappa shape index (κ3) is 3.75. The highest BCUT2D eigenvalue weighted by Gasteiger charge is 2.37.